The molecule has 2 aromatic carbocycles. The average molecular weight is 353 g/mol. The number of nitrogens with one attached hydrogen (secondary N) is 1. The van der Waals surface area contributed by atoms with Crippen LogP contribution < -0.4 is 20.7 Å². The topological polar surface area (TPSA) is 67.6 Å². The summed E-state index contributed by atoms with van der Waals surface area (Å²) >= 11 is 0. The van der Waals surface area contributed by atoms with E-state index in [1.54, 1.807) is 0 Å². The number of carbonyl (C=O) groups is 1. The molecule has 26 heavy (non-hydrogen) atoms. The van der Waals surface area contributed by atoms with Crippen molar-refractivity contribution in [3.05, 3.63) is 48.0 Å². The molecule has 0 atom stereocenters. The molecule has 0 aromatic heterocycles. The number of nitrogens with two attached hydrogens (primary N) is 1. The predicted octanol–water partition coefficient (Wildman–Crippen LogP) is 4.01. The van der Waals surface area contributed by atoms with Gasteiger partial charge in [-0.15, -0.1) is 0 Å². The van der Waals surface area contributed by atoms with Crippen molar-refractivity contribution < 1.29 is 9.53 Å². The molecule has 3 N–H and O–H groups in total. The summed E-state index contributed by atoms with van der Waals surface area (Å²) in [7, 11) is 0. The van der Waals surface area contributed by atoms with Crippen LogP contribution in [-0.4, -0.2) is 24.6 Å². The van der Waals surface area contributed by atoms with E-state index in [0.29, 0.717) is 18.2 Å². The van der Waals surface area contributed by atoms with Crippen LogP contribution in [0.3, 0.4) is 0 Å². The fourth-order valence-corrected chi connectivity index (χ4v) is 3.36. The number of nitrogens with zero attached hydrogens (tertiary/aromatic N) is 1. The zero-order valence-corrected chi connectivity index (χ0v) is 15.9. The summed E-state index contributed by atoms with van der Waals surface area (Å²) in [6.45, 7) is 9.14. The number of rotatable bonds is 4. The minimum atomic E-state index is -0.376. The monoisotopic (exact) mass is 353 g/mol. The molecule has 0 radical (unpaired) electrons. The van der Waals surface area contributed by atoms with E-state index < -0.39 is 0 Å². The Morgan fingerprint density at radius 3 is 2.73 bits per heavy atom. The van der Waals surface area contributed by atoms with E-state index in [4.69, 9.17) is 10.5 Å². The molecule has 0 fully saturated rings. The van der Waals surface area contributed by atoms with Crippen LogP contribution in [0, 0.1) is 0 Å². The van der Waals surface area contributed by atoms with Crippen LogP contribution in [0.15, 0.2) is 42.5 Å². The Morgan fingerprint density at radius 1 is 1.27 bits per heavy atom. The Bertz CT molecular complexity index is 815. The fraction of sp³-hybridized carbons (Fsp3) is 0.381. The van der Waals surface area contributed by atoms with Gasteiger partial charge < -0.3 is 20.7 Å². The third kappa shape index (κ3) is 3.93. The van der Waals surface area contributed by atoms with Gasteiger partial charge in [-0.25, -0.2) is 0 Å². The Morgan fingerprint density at radius 2 is 2.00 bits per heavy atom. The standard InChI is InChI=1S/C21H27N3O2/c1-14(2)16-7-5-6-8-17(16)23-20(25)12-24-13-21(3,4)26-19-10-9-15(22)11-18(19)24/h5-11,14H,12-13,22H2,1-4H3,(H,23,25). The minimum absolute atomic E-state index is 0.0517. The molecule has 5 heteroatoms. The summed E-state index contributed by atoms with van der Waals surface area (Å²) in [6.07, 6.45) is 0. The first-order valence-electron chi connectivity index (χ1n) is 8.97. The maximum Gasteiger partial charge on any atom is 0.243 e. The second kappa shape index (κ2) is 6.90. The molecule has 0 saturated heterocycles. The summed E-state index contributed by atoms with van der Waals surface area (Å²) in [5.41, 5.74) is 9.07. The molecule has 2 aromatic rings. The van der Waals surface area contributed by atoms with E-state index >= 15 is 0 Å². The van der Waals surface area contributed by atoms with Gasteiger partial charge in [0.05, 0.1) is 18.8 Å². The highest BCUT2D eigenvalue weighted by molar-refractivity contribution is 5.95. The van der Waals surface area contributed by atoms with Crippen LogP contribution in [0.4, 0.5) is 17.1 Å². The highest BCUT2D eigenvalue weighted by atomic mass is 16.5. The largest absolute Gasteiger partial charge is 0.484 e. The van der Waals surface area contributed by atoms with Crippen molar-refractivity contribution in [2.45, 2.75) is 39.2 Å². The first-order chi connectivity index (χ1) is 12.2. The van der Waals surface area contributed by atoms with E-state index in [-0.39, 0.29) is 18.1 Å². The number of hydrogen-bond donors (Lipinski definition) is 2. The highest BCUT2D eigenvalue weighted by Gasteiger charge is 2.32. The van der Waals surface area contributed by atoms with Gasteiger partial charge in [-0.3, -0.25) is 4.79 Å². The van der Waals surface area contributed by atoms with Crippen LogP contribution >= 0.6 is 0 Å². The molecule has 5 nitrogen and oxygen atoms in total. The van der Waals surface area contributed by atoms with Crippen LogP contribution in [0.5, 0.6) is 5.75 Å². The van der Waals surface area contributed by atoms with Gasteiger partial charge in [0.2, 0.25) is 5.91 Å². The molecule has 0 bridgehead atoms. The second-order valence-electron chi connectivity index (χ2n) is 7.74. The van der Waals surface area contributed by atoms with Crippen molar-refractivity contribution in [1.29, 1.82) is 0 Å². The van der Waals surface area contributed by atoms with Crippen molar-refractivity contribution in [3.63, 3.8) is 0 Å². The molecule has 1 aliphatic heterocycles. The van der Waals surface area contributed by atoms with Crippen LogP contribution in [-0.2, 0) is 4.79 Å². The van der Waals surface area contributed by atoms with Crippen molar-refractivity contribution in [1.82, 2.24) is 0 Å². The summed E-state index contributed by atoms with van der Waals surface area (Å²) in [6, 6.07) is 13.5. The average Bonchev–Trinajstić information content (AvgIpc) is 2.55. The fourth-order valence-electron chi connectivity index (χ4n) is 3.36. The highest BCUT2D eigenvalue weighted by Crippen LogP contribution is 2.38. The first kappa shape index (κ1) is 18.1. The third-order valence-electron chi connectivity index (χ3n) is 4.47. The second-order valence-corrected chi connectivity index (χ2v) is 7.74. The zero-order valence-electron chi connectivity index (χ0n) is 15.9. The number of nitrogen functional groups attached to an aromatic ring is 1. The van der Waals surface area contributed by atoms with Crippen LogP contribution in [0.1, 0.15) is 39.2 Å². The van der Waals surface area contributed by atoms with Gasteiger partial charge in [0.1, 0.15) is 11.4 Å². The van der Waals surface area contributed by atoms with E-state index in [9.17, 15) is 4.79 Å². The van der Waals surface area contributed by atoms with E-state index in [0.717, 1.165) is 22.7 Å². The van der Waals surface area contributed by atoms with Crippen LogP contribution in [0.25, 0.3) is 0 Å². The molecule has 3 rings (SSSR count). The smallest absolute Gasteiger partial charge is 0.243 e. The number of anilines is 3. The SMILES string of the molecule is CC(C)c1ccccc1NC(=O)CN1CC(C)(C)Oc2ccc(N)cc21. The molecule has 0 saturated carbocycles. The Labute approximate surface area is 155 Å². The third-order valence-corrected chi connectivity index (χ3v) is 4.47. The van der Waals surface area contributed by atoms with Crippen molar-refractivity contribution in [2.75, 3.05) is 29.0 Å². The number of fused-ring (bicyclic) bond motifs is 1. The Balaban J connectivity index is 1.81. The first-order valence-corrected chi connectivity index (χ1v) is 8.97. The molecule has 0 unspecified atom stereocenters. The minimum Gasteiger partial charge on any atom is -0.484 e. The summed E-state index contributed by atoms with van der Waals surface area (Å²) in [5, 5.41) is 3.06. The maximum atomic E-state index is 12.7. The maximum absolute atomic E-state index is 12.7. The van der Waals surface area contributed by atoms with Gasteiger partial charge in [0.15, 0.2) is 0 Å². The van der Waals surface area contributed by atoms with Gasteiger partial charge in [0, 0.05) is 11.4 Å². The molecular weight excluding hydrogens is 326 g/mol. The number of hydrogen-bond acceptors (Lipinski definition) is 4. The molecule has 1 heterocycles. The summed E-state index contributed by atoms with van der Waals surface area (Å²) < 4.78 is 6.03. The van der Waals surface area contributed by atoms with E-state index in [2.05, 4.69) is 19.2 Å². The molecule has 1 amide bonds. The number of amides is 1. The summed E-state index contributed by atoms with van der Waals surface area (Å²) in [5.74, 6) is 1.05. The lowest BCUT2D eigenvalue weighted by atomic mass is 10.0. The number of benzene rings is 2. The molecule has 1 aliphatic rings. The van der Waals surface area contributed by atoms with E-state index in [1.165, 1.54) is 0 Å². The van der Waals surface area contributed by atoms with Crippen LogP contribution in [0.2, 0.25) is 0 Å². The number of ether oxygens (including phenoxy) is 1. The van der Waals surface area contributed by atoms with Gasteiger partial charge in [-0.2, -0.15) is 0 Å². The van der Waals surface area contributed by atoms with E-state index in [1.807, 2.05) is 61.2 Å². The van der Waals surface area contributed by atoms with Gasteiger partial charge in [-0.1, -0.05) is 32.0 Å². The lowest BCUT2D eigenvalue weighted by Gasteiger charge is -2.40. The number of para-hydroxylation sites is 1. The Kier molecular flexibility index (Phi) is 4.81. The molecular formula is C21H27N3O2. The zero-order chi connectivity index (χ0) is 18.9. The number of carbonyl (C=O) groups excluding carboxylic acids is 1. The van der Waals surface area contributed by atoms with Gasteiger partial charge in [0.25, 0.3) is 0 Å². The predicted molar refractivity (Wildman–Crippen MR) is 107 cm³/mol. The Hall–Kier alpha value is -2.69. The quantitative estimate of drug-likeness (QED) is 0.815. The van der Waals surface area contributed by atoms with Crippen molar-refractivity contribution in [3.8, 4) is 5.75 Å². The van der Waals surface area contributed by atoms with Crippen molar-refractivity contribution in [2.24, 2.45) is 0 Å². The van der Waals surface area contributed by atoms with Gasteiger partial charge >= 0.3 is 0 Å². The van der Waals surface area contributed by atoms with Gasteiger partial charge in [-0.05, 0) is 49.6 Å². The lowest BCUT2D eigenvalue weighted by Crippen LogP contribution is -2.49. The normalized spacial score (nSPS) is 15.3. The summed E-state index contributed by atoms with van der Waals surface area (Å²) in [4.78, 5) is 14.8. The van der Waals surface area contributed by atoms with Crippen molar-refractivity contribution >= 4 is 23.0 Å². The molecule has 138 valence electrons. The molecule has 0 aliphatic carbocycles. The lowest BCUT2D eigenvalue weighted by molar-refractivity contribution is -0.115. The molecule has 0 spiro atoms.